The van der Waals surface area contributed by atoms with Gasteiger partial charge in [0.05, 0.1) is 21.3 Å². The third kappa shape index (κ3) is 5.56. The molecule has 0 aliphatic carbocycles. The number of benzene rings is 3. The highest BCUT2D eigenvalue weighted by Crippen LogP contribution is 2.34. The monoisotopic (exact) mass is 516 g/mol. The second kappa shape index (κ2) is 10.2. The Hall–Kier alpha value is -2.94. The molecule has 0 atom stereocenters. The Balaban J connectivity index is 1.74. The highest BCUT2D eigenvalue weighted by atomic mass is 127. The number of aliphatic imine (C=N–C) groups is 1. The van der Waals surface area contributed by atoms with E-state index in [4.69, 9.17) is 9.47 Å². The Morgan fingerprint density at radius 3 is 2.33 bits per heavy atom. The smallest absolute Gasteiger partial charge is 0.269 e. The maximum Gasteiger partial charge on any atom is 0.269 e. The van der Waals surface area contributed by atoms with Gasteiger partial charge in [-0.3, -0.25) is 15.1 Å². The normalized spacial score (nSPS) is 10.9. The number of halogens is 1. The second-order valence-electron chi connectivity index (χ2n) is 6.52. The van der Waals surface area contributed by atoms with Crippen LogP contribution in [0.1, 0.15) is 23.6 Å². The lowest BCUT2D eigenvalue weighted by atomic mass is 10.1. The molecule has 30 heavy (non-hydrogen) atoms. The van der Waals surface area contributed by atoms with Gasteiger partial charge >= 0.3 is 0 Å². The maximum atomic E-state index is 10.8. The summed E-state index contributed by atoms with van der Waals surface area (Å²) in [4.78, 5) is 14.9. The molecule has 0 amide bonds. The number of ether oxygens (including phenoxy) is 2. The Labute approximate surface area is 188 Å². The number of hydrogen-bond acceptors (Lipinski definition) is 5. The average Bonchev–Trinajstić information content (AvgIpc) is 2.77. The first kappa shape index (κ1) is 21.8. The Morgan fingerprint density at radius 1 is 1.07 bits per heavy atom. The molecule has 0 aliphatic rings. The largest absolute Gasteiger partial charge is 0.493 e. The van der Waals surface area contributed by atoms with Crippen molar-refractivity contribution in [1.82, 2.24) is 0 Å². The van der Waals surface area contributed by atoms with E-state index in [0.29, 0.717) is 11.5 Å². The summed E-state index contributed by atoms with van der Waals surface area (Å²) in [5.74, 6) is 1.23. The number of non-ortho nitro benzene ring substituents is 1. The minimum Gasteiger partial charge on any atom is -0.493 e. The molecule has 154 valence electrons. The molecule has 0 bridgehead atoms. The number of nitro benzene ring substituents is 1. The lowest BCUT2D eigenvalue weighted by Crippen LogP contribution is -2.01. The van der Waals surface area contributed by atoms with Gasteiger partial charge in [-0.05, 0) is 82.1 Å². The van der Waals surface area contributed by atoms with Crippen LogP contribution >= 0.6 is 22.6 Å². The van der Waals surface area contributed by atoms with Gasteiger partial charge in [-0.25, -0.2) is 0 Å². The van der Waals surface area contributed by atoms with Gasteiger partial charge in [-0.2, -0.15) is 0 Å². The predicted molar refractivity (Wildman–Crippen MR) is 126 cm³/mol. The van der Waals surface area contributed by atoms with Gasteiger partial charge in [0.15, 0.2) is 11.5 Å². The van der Waals surface area contributed by atoms with Crippen LogP contribution in [0.25, 0.3) is 0 Å². The summed E-state index contributed by atoms with van der Waals surface area (Å²) in [6.45, 7) is 2.40. The SMILES string of the molecule is CCc1ccc(N=Cc2cc(I)c(OCc3ccc([N+](=O)[O-])cc3)c(OC)c2)cc1. The van der Waals surface area contributed by atoms with Gasteiger partial charge in [0.2, 0.25) is 0 Å². The van der Waals surface area contributed by atoms with Crippen LogP contribution in [0, 0.1) is 13.7 Å². The molecule has 6 nitrogen and oxygen atoms in total. The third-order valence-corrected chi connectivity index (χ3v) is 5.29. The standard InChI is InChI=1S/C23H21IN2O4/c1-3-16-4-8-19(9-5-16)25-14-18-12-21(24)23(22(13-18)29-2)30-15-17-6-10-20(11-7-17)26(27)28/h4-14H,3,15H2,1-2H3. The van der Waals surface area contributed by atoms with Gasteiger partial charge in [0.1, 0.15) is 6.61 Å². The summed E-state index contributed by atoms with van der Waals surface area (Å²) in [5, 5.41) is 10.8. The molecular weight excluding hydrogens is 495 g/mol. The quantitative estimate of drug-likeness (QED) is 0.157. The van der Waals surface area contributed by atoms with Gasteiger partial charge < -0.3 is 9.47 Å². The molecule has 0 fully saturated rings. The van der Waals surface area contributed by atoms with Crippen molar-refractivity contribution in [3.8, 4) is 11.5 Å². The molecule has 0 heterocycles. The molecule has 0 aromatic heterocycles. The summed E-state index contributed by atoms with van der Waals surface area (Å²) in [6, 6.07) is 18.3. The van der Waals surface area contributed by atoms with Crippen molar-refractivity contribution in [3.05, 3.63) is 91.0 Å². The van der Waals surface area contributed by atoms with E-state index in [0.717, 1.165) is 26.8 Å². The Bertz CT molecular complexity index is 1050. The Kier molecular flexibility index (Phi) is 7.40. The average molecular weight is 516 g/mol. The van der Waals surface area contributed by atoms with Crippen LogP contribution in [-0.2, 0) is 13.0 Å². The van der Waals surface area contributed by atoms with E-state index in [9.17, 15) is 10.1 Å². The van der Waals surface area contributed by atoms with Gasteiger partial charge in [0.25, 0.3) is 5.69 Å². The van der Waals surface area contributed by atoms with Crippen LogP contribution in [0.5, 0.6) is 11.5 Å². The summed E-state index contributed by atoms with van der Waals surface area (Å²) in [7, 11) is 1.59. The fourth-order valence-electron chi connectivity index (χ4n) is 2.79. The van der Waals surface area contributed by atoms with Crippen LogP contribution in [0.3, 0.4) is 0 Å². The van der Waals surface area contributed by atoms with E-state index < -0.39 is 4.92 Å². The van der Waals surface area contributed by atoms with E-state index in [1.165, 1.54) is 17.7 Å². The Morgan fingerprint density at radius 2 is 1.73 bits per heavy atom. The lowest BCUT2D eigenvalue weighted by molar-refractivity contribution is -0.384. The molecule has 3 aromatic carbocycles. The zero-order valence-corrected chi connectivity index (χ0v) is 18.8. The molecule has 0 saturated heterocycles. The third-order valence-electron chi connectivity index (χ3n) is 4.49. The van der Waals surface area contributed by atoms with E-state index in [-0.39, 0.29) is 12.3 Å². The highest BCUT2D eigenvalue weighted by Gasteiger charge is 2.12. The first-order chi connectivity index (χ1) is 14.5. The van der Waals surface area contributed by atoms with Crippen molar-refractivity contribution in [2.75, 3.05) is 7.11 Å². The van der Waals surface area contributed by atoms with E-state index in [1.54, 1.807) is 25.5 Å². The fourth-order valence-corrected chi connectivity index (χ4v) is 3.57. The van der Waals surface area contributed by atoms with E-state index in [1.807, 2.05) is 24.3 Å². The van der Waals surface area contributed by atoms with Crippen molar-refractivity contribution in [2.24, 2.45) is 4.99 Å². The molecule has 0 radical (unpaired) electrons. The summed E-state index contributed by atoms with van der Waals surface area (Å²) in [5.41, 5.74) is 3.95. The van der Waals surface area contributed by atoms with Gasteiger partial charge in [-0.15, -0.1) is 0 Å². The van der Waals surface area contributed by atoms with E-state index in [2.05, 4.69) is 46.6 Å². The molecule has 0 saturated carbocycles. The maximum absolute atomic E-state index is 10.8. The second-order valence-corrected chi connectivity index (χ2v) is 7.69. The number of nitrogens with zero attached hydrogens (tertiary/aromatic N) is 2. The van der Waals surface area contributed by atoms with Crippen LogP contribution in [-0.4, -0.2) is 18.2 Å². The number of nitro groups is 1. The molecule has 0 spiro atoms. The number of aryl methyl sites for hydroxylation is 1. The lowest BCUT2D eigenvalue weighted by Gasteiger charge is -2.13. The van der Waals surface area contributed by atoms with Gasteiger partial charge in [0, 0.05) is 18.3 Å². The molecule has 3 rings (SSSR count). The summed E-state index contributed by atoms with van der Waals surface area (Å²) in [6.07, 6.45) is 2.80. The zero-order chi connectivity index (χ0) is 21.5. The first-order valence-corrected chi connectivity index (χ1v) is 10.4. The molecular formula is C23H21IN2O4. The van der Waals surface area contributed by atoms with Crippen LogP contribution in [0.2, 0.25) is 0 Å². The summed E-state index contributed by atoms with van der Waals surface area (Å²) >= 11 is 2.20. The number of methoxy groups -OCH3 is 1. The van der Waals surface area contributed by atoms with Crippen LogP contribution in [0.15, 0.2) is 65.7 Å². The van der Waals surface area contributed by atoms with Crippen molar-refractivity contribution in [2.45, 2.75) is 20.0 Å². The zero-order valence-electron chi connectivity index (χ0n) is 16.7. The van der Waals surface area contributed by atoms with Gasteiger partial charge in [-0.1, -0.05) is 19.1 Å². The minimum atomic E-state index is -0.422. The molecule has 0 unspecified atom stereocenters. The first-order valence-electron chi connectivity index (χ1n) is 9.37. The van der Waals surface area contributed by atoms with Crippen molar-refractivity contribution >= 4 is 40.2 Å². The molecule has 7 heteroatoms. The minimum absolute atomic E-state index is 0.0545. The topological polar surface area (TPSA) is 74.0 Å². The fraction of sp³-hybridized carbons (Fsp3) is 0.174. The summed E-state index contributed by atoms with van der Waals surface area (Å²) < 4.78 is 12.3. The number of rotatable bonds is 8. The van der Waals surface area contributed by atoms with Crippen molar-refractivity contribution in [3.63, 3.8) is 0 Å². The van der Waals surface area contributed by atoms with Crippen LogP contribution < -0.4 is 9.47 Å². The molecule has 0 N–H and O–H groups in total. The van der Waals surface area contributed by atoms with Crippen molar-refractivity contribution < 1.29 is 14.4 Å². The van der Waals surface area contributed by atoms with Crippen molar-refractivity contribution in [1.29, 1.82) is 0 Å². The van der Waals surface area contributed by atoms with Crippen LogP contribution in [0.4, 0.5) is 11.4 Å². The number of hydrogen-bond donors (Lipinski definition) is 0. The predicted octanol–water partition coefficient (Wildman–Crippen LogP) is 6.10. The highest BCUT2D eigenvalue weighted by molar-refractivity contribution is 14.1. The van der Waals surface area contributed by atoms with E-state index >= 15 is 0 Å². The molecule has 0 aliphatic heterocycles. The molecule has 3 aromatic rings.